The molecule has 0 spiro atoms. The molecule has 0 aliphatic heterocycles. The van der Waals surface area contributed by atoms with Gasteiger partial charge in [0.15, 0.2) is 0 Å². The zero-order valence-electron chi connectivity index (χ0n) is 22.3. The van der Waals surface area contributed by atoms with E-state index in [9.17, 15) is 20.4 Å². The van der Waals surface area contributed by atoms with Gasteiger partial charge >= 0.3 is 0 Å². The van der Waals surface area contributed by atoms with Crippen LogP contribution in [0.2, 0.25) is 0 Å². The van der Waals surface area contributed by atoms with Gasteiger partial charge in [0.2, 0.25) is 0 Å². The number of hydrogen-bond donors (Lipinski definition) is 4. The van der Waals surface area contributed by atoms with Crippen LogP contribution in [0.3, 0.4) is 0 Å². The highest BCUT2D eigenvalue weighted by Gasteiger charge is 2.74. The minimum atomic E-state index is -1.39. The highest BCUT2D eigenvalue weighted by Crippen LogP contribution is 2.70. The topological polar surface area (TPSA) is 90.2 Å². The summed E-state index contributed by atoms with van der Waals surface area (Å²) in [6, 6.07) is 0. The quantitative estimate of drug-likeness (QED) is 0.442. The van der Waals surface area contributed by atoms with Crippen LogP contribution in [0.25, 0.3) is 0 Å². The number of fused-ring (bicyclic) bond motifs is 5. The number of allylic oxidation sites excluding steroid dienone is 2. The van der Waals surface area contributed by atoms with Gasteiger partial charge in [-0.1, -0.05) is 53.7 Å². The second-order valence-electron chi connectivity index (χ2n) is 13.0. The summed E-state index contributed by atoms with van der Waals surface area (Å²) >= 11 is 0. The zero-order valence-corrected chi connectivity index (χ0v) is 22.3. The fourth-order valence-electron chi connectivity index (χ4n) is 8.33. The van der Waals surface area contributed by atoms with Crippen molar-refractivity contribution in [2.45, 2.75) is 115 Å². The molecule has 0 aromatic rings. The van der Waals surface area contributed by atoms with Crippen molar-refractivity contribution >= 4 is 0 Å². The van der Waals surface area contributed by atoms with Crippen molar-refractivity contribution in [3.8, 4) is 0 Å². The number of aliphatic hydroxyl groups is 4. The SMILES string of the molecule is CO[C@@H]1C=C2[C@](O)(CC[C@]3(C)[C@@H]([C@H](C)/C=C/[C@H](C)C(C)C)CC[C@]23O)[C@@]2(C)CC[C@H](O)C[C@]12O. The Hall–Kier alpha value is -0.720. The predicted octanol–water partition coefficient (Wildman–Crippen LogP) is 4.38. The van der Waals surface area contributed by atoms with Crippen LogP contribution in [0.1, 0.15) is 86.5 Å². The summed E-state index contributed by atoms with van der Waals surface area (Å²) in [7, 11) is 1.57. The summed E-state index contributed by atoms with van der Waals surface area (Å²) in [6.07, 6.45) is 9.06. The molecule has 0 amide bonds. The molecule has 10 atom stereocenters. The molecule has 0 radical (unpaired) electrons. The molecule has 4 N–H and O–H groups in total. The Kier molecular flexibility index (Phi) is 6.52. The van der Waals surface area contributed by atoms with Gasteiger partial charge in [-0.15, -0.1) is 0 Å². The molecule has 3 saturated carbocycles. The summed E-state index contributed by atoms with van der Waals surface area (Å²) in [5, 5.41) is 47.1. The Bertz CT molecular complexity index is 851. The van der Waals surface area contributed by atoms with Crippen molar-refractivity contribution in [2.75, 3.05) is 7.11 Å². The molecule has 0 bridgehead atoms. The van der Waals surface area contributed by atoms with Gasteiger partial charge in [-0.05, 0) is 73.8 Å². The van der Waals surface area contributed by atoms with Crippen molar-refractivity contribution < 1.29 is 25.2 Å². The number of hydrogen-bond acceptors (Lipinski definition) is 5. The molecule has 5 nitrogen and oxygen atoms in total. The van der Waals surface area contributed by atoms with E-state index in [2.05, 4.69) is 46.8 Å². The van der Waals surface area contributed by atoms with Crippen LogP contribution in [-0.4, -0.2) is 56.5 Å². The molecule has 194 valence electrons. The minimum absolute atomic E-state index is 0.169. The number of methoxy groups -OCH3 is 1. The zero-order chi connectivity index (χ0) is 25.3. The molecule has 4 rings (SSSR count). The van der Waals surface area contributed by atoms with E-state index in [1.165, 1.54) is 0 Å². The van der Waals surface area contributed by atoms with Gasteiger partial charge in [-0.25, -0.2) is 0 Å². The molecule has 34 heavy (non-hydrogen) atoms. The van der Waals surface area contributed by atoms with Gasteiger partial charge in [-0.2, -0.15) is 0 Å². The second-order valence-corrected chi connectivity index (χ2v) is 13.0. The highest BCUT2D eigenvalue weighted by atomic mass is 16.5. The van der Waals surface area contributed by atoms with E-state index in [-0.39, 0.29) is 11.8 Å². The standard InChI is InChI=1S/C29H48O5/c1-18(2)19(3)8-9-20(4)22-11-13-27(31)23-16-24(34-7)29(33)17-21(30)10-12-26(29,6)28(23,32)15-14-25(22,27)5/h8-9,16,18-22,24,30-33H,10-15,17H2,1-7H3/b9-8+/t19-,20+,21-,22+,24+,25+,26+,27-,28+,29-/m0/s1. The van der Waals surface area contributed by atoms with E-state index in [0.29, 0.717) is 61.3 Å². The van der Waals surface area contributed by atoms with E-state index >= 15 is 0 Å². The Morgan fingerprint density at radius 1 is 0.941 bits per heavy atom. The number of ether oxygens (including phenoxy) is 1. The average Bonchev–Trinajstić information content (AvgIpc) is 3.04. The van der Waals surface area contributed by atoms with Gasteiger partial charge in [-0.3, -0.25) is 0 Å². The molecule has 0 unspecified atom stereocenters. The van der Waals surface area contributed by atoms with E-state index in [1.807, 2.05) is 13.0 Å². The first-order valence-electron chi connectivity index (χ1n) is 13.5. The largest absolute Gasteiger partial charge is 0.393 e. The van der Waals surface area contributed by atoms with Crippen LogP contribution in [0.15, 0.2) is 23.8 Å². The van der Waals surface area contributed by atoms with Crippen LogP contribution < -0.4 is 0 Å². The van der Waals surface area contributed by atoms with Crippen LogP contribution in [-0.2, 0) is 4.74 Å². The summed E-state index contributed by atoms with van der Waals surface area (Å²) < 4.78 is 5.79. The van der Waals surface area contributed by atoms with Crippen molar-refractivity contribution in [3.05, 3.63) is 23.8 Å². The highest BCUT2D eigenvalue weighted by molar-refractivity contribution is 5.45. The molecule has 0 saturated heterocycles. The smallest absolute Gasteiger partial charge is 0.105 e. The van der Waals surface area contributed by atoms with Crippen LogP contribution >= 0.6 is 0 Å². The maximum atomic E-state index is 12.4. The van der Waals surface area contributed by atoms with Gasteiger partial charge in [0.1, 0.15) is 11.7 Å². The lowest BCUT2D eigenvalue weighted by molar-refractivity contribution is -0.272. The molecular weight excluding hydrogens is 428 g/mol. The fourth-order valence-corrected chi connectivity index (χ4v) is 8.33. The molecule has 5 heteroatoms. The van der Waals surface area contributed by atoms with E-state index in [0.717, 1.165) is 6.42 Å². The molecule has 0 heterocycles. The Labute approximate surface area is 206 Å². The minimum Gasteiger partial charge on any atom is -0.393 e. The molecular formula is C29H48O5. The third kappa shape index (κ3) is 3.30. The first-order chi connectivity index (χ1) is 15.7. The predicted molar refractivity (Wildman–Crippen MR) is 134 cm³/mol. The van der Waals surface area contributed by atoms with Gasteiger partial charge in [0.25, 0.3) is 0 Å². The Balaban J connectivity index is 1.75. The van der Waals surface area contributed by atoms with Crippen LogP contribution in [0, 0.1) is 34.5 Å². The van der Waals surface area contributed by atoms with Crippen molar-refractivity contribution in [3.63, 3.8) is 0 Å². The Morgan fingerprint density at radius 3 is 2.24 bits per heavy atom. The number of rotatable bonds is 5. The third-order valence-corrected chi connectivity index (χ3v) is 11.3. The van der Waals surface area contributed by atoms with Crippen LogP contribution in [0.4, 0.5) is 0 Å². The van der Waals surface area contributed by atoms with E-state index in [4.69, 9.17) is 4.74 Å². The Morgan fingerprint density at radius 2 is 1.62 bits per heavy atom. The van der Waals surface area contributed by atoms with Crippen molar-refractivity contribution in [2.24, 2.45) is 34.5 Å². The lowest BCUT2D eigenvalue weighted by Crippen LogP contribution is -2.75. The second kappa shape index (κ2) is 8.41. The molecule has 4 aliphatic rings. The molecule has 0 aromatic carbocycles. The maximum Gasteiger partial charge on any atom is 0.105 e. The molecule has 4 aliphatic carbocycles. The fraction of sp³-hybridized carbons (Fsp3) is 0.862. The van der Waals surface area contributed by atoms with Crippen LogP contribution in [0.5, 0.6) is 0 Å². The molecule has 0 aromatic heterocycles. The first-order valence-corrected chi connectivity index (χ1v) is 13.5. The third-order valence-electron chi connectivity index (χ3n) is 11.3. The normalized spacial score (nSPS) is 50.5. The lowest BCUT2D eigenvalue weighted by atomic mass is 9.42. The summed E-state index contributed by atoms with van der Waals surface area (Å²) in [5.41, 5.74) is -4.48. The van der Waals surface area contributed by atoms with E-state index < -0.39 is 34.4 Å². The lowest BCUT2D eigenvalue weighted by Gasteiger charge is -2.67. The monoisotopic (exact) mass is 476 g/mol. The van der Waals surface area contributed by atoms with Crippen molar-refractivity contribution in [1.29, 1.82) is 0 Å². The first kappa shape index (κ1) is 26.3. The summed E-state index contributed by atoms with van der Waals surface area (Å²) in [4.78, 5) is 0. The van der Waals surface area contributed by atoms with Crippen molar-refractivity contribution in [1.82, 2.24) is 0 Å². The average molecular weight is 477 g/mol. The summed E-state index contributed by atoms with van der Waals surface area (Å²) in [5.74, 6) is 1.73. The number of aliphatic hydroxyl groups excluding tert-OH is 1. The summed E-state index contributed by atoms with van der Waals surface area (Å²) in [6.45, 7) is 13.1. The molecule has 3 fully saturated rings. The van der Waals surface area contributed by atoms with Gasteiger partial charge < -0.3 is 25.2 Å². The maximum absolute atomic E-state index is 12.4. The van der Waals surface area contributed by atoms with Gasteiger partial charge in [0.05, 0.1) is 17.3 Å². The van der Waals surface area contributed by atoms with E-state index in [1.54, 1.807) is 7.11 Å². The van der Waals surface area contributed by atoms with Gasteiger partial charge in [0, 0.05) is 24.4 Å².